The quantitative estimate of drug-likeness (QED) is 0.839. The molecule has 0 aliphatic heterocycles. The van der Waals surface area contributed by atoms with E-state index in [1.807, 2.05) is 12.1 Å². The molecule has 0 spiro atoms. The zero-order valence-corrected chi connectivity index (χ0v) is 12.4. The number of hydrogen-bond donors (Lipinski definition) is 2. The molecule has 3 aliphatic rings. The van der Waals surface area contributed by atoms with Gasteiger partial charge < -0.3 is 10.6 Å². The molecule has 2 saturated carbocycles. The third-order valence-corrected chi connectivity index (χ3v) is 4.92. The Balaban J connectivity index is 1.43. The standard InChI is InChI=1S/C18H20N2O2/c21-17(19-14-6-7-14)13-2-1-3-15(10-13)20-18(22)16-9-11-4-5-12(16)8-11/h1-5,10-12,14,16H,6-9H2,(H,19,21)(H,20,22)/t11-,12-,16+/m0/s1. The molecular weight excluding hydrogens is 276 g/mol. The third kappa shape index (κ3) is 2.65. The molecule has 1 aromatic rings. The van der Waals surface area contributed by atoms with Gasteiger partial charge in [0.25, 0.3) is 5.91 Å². The van der Waals surface area contributed by atoms with Crippen molar-refractivity contribution in [1.29, 1.82) is 0 Å². The predicted molar refractivity (Wildman–Crippen MR) is 84.4 cm³/mol. The molecule has 3 atom stereocenters. The maximum atomic E-state index is 12.4. The van der Waals surface area contributed by atoms with Crippen LogP contribution in [-0.4, -0.2) is 17.9 Å². The van der Waals surface area contributed by atoms with Crippen LogP contribution in [0.25, 0.3) is 0 Å². The second-order valence-corrected chi connectivity index (χ2v) is 6.70. The van der Waals surface area contributed by atoms with Gasteiger partial charge in [0.2, 0.25) is 5.91 Å². The van der Waals surface area contributed by atoms with Crippen LogP contribution in [0, 0.1) is 17.8 Å². The SMILES string of the molecule is O=C(NC1CC1)c1cccc(NC(=O)[C@@H]2C[C@H]3C=C[C@H]2C3)c1. The van der Waals surface area contributed by atoms with Gasteiger partial charge in [0.1, 0.15) is 0 Å². The summed E-state index contributed by atoms with van der Waals surface area (Å²) in [6.45, 7) is 0. The van der Waals surface area contributed by atoms with Gasteiger partial charge in [0, 0.05) is 23.2 Å². The summed E-state index contributed by atoms with van der Waals surface area (Å²) in [6, 6.07) is 7.55. The lowest BCUT2D eigenvalue weighted by molar-refractivity contribution is -0.120. The number of nitrogens with one attached hydrogen (secondary N) is 2. The molecule has 2 amide bonds. The topological polar surface area (TPSA) is 58.2 Å². The molecule has 0 heterocycles. The van der Waals surface area contributed by atoms with Crippen molar-refractivity contribution in [2.45, 2.75) is 31.7 Å². The number of fused-ring (bicyclic) bond motifs is 2. The minimum Gasteiger partial charge on any atom is -0.349 e. The smallest absolute Gasteiger partial charge is 0.251 e. The van der Waals surface area contributed by atoms with Crippen molar-refractivity contribution in [2.75, 3.05) is 5.32 Å². The van der Waals surface area contributed by atoms with E-state index >= 15 is 0 Å². The lowest BCUT2D eigenvalue weighted by Gasteiger charge is -2.17. The monoisotopic (exact) mass is 296 g/mol. The van der Waals surface area contributed by atoms with Gasteiger partial charge in [0.15, 0.2) is 0 Å². The minimum absolute atomic E-state index is 0.0542. The second-order valence-electron chi connectivity index (χ2n) is 6.70. The second kappa shape index (κ2) is 5.27. The number of carbonyl (C=O) groups excluding carboxylic acids is 2. The molecule has 1 aromatic carbocycles. The van der Waals surface area contributed by atoms with Gasteiger partial charge in [-0.25, -0.2) is 0 Å². The Morgan fingerprint density at radius 3 is 2.64 bits per heavy atom. The van der Waals surface area contributed by atoms with Gasteiger partial charge in [-0.2, -0.15) is 0 Å². The lowest BCUT2D eigenvalue weighted by atomic mass is 9.93. The van der Waals surface area contributed by atoms with Gasteiger partial charge in [-0.1, -0.05) is 18.2 Å². The Morgan fingerprint density at radius 1 is 1.09 bits per heavy atom. The maximum absolute atomic E-state index is 12.4. The number of benzene rings is 1. The Morgan fingerprint density at radius 2 is 1.95 bits per heavy atom. The largest absolute Gasteiger partial charge is 0.349 e. The Bertz CT molecular complexity index is 648. The Kier molecular flexibility index (Phi) is 3.25. The van der Waals surface area contributed by atoms with E-state index in [-0.39, 0.29) is 17.7 Å². The van der Waals surface area contributed by atoms with Crippen LogP contribution in [-0.2, 0) is 4.79 Å². The van der Waals surface area contributed by atoms with E-state index in [1.165, 1.54) is 0 Å². The normalized spacial score (nSPS) is 28.6. The van der Waals surface area contributed by atoms with Crippen molar-refractivity contribution in [3.63, 3.8) is 0 Å². The highest BCUT2D eigenvalue weighted by Gasteiger charge is 2.39. The fourth-order valence-electron chi connectivity index (χ4n) is 3.55. The van der Waals surface area contributed by atoms with E-state index in [1.54, 1.807) is 12.1 Å². The summed E-state index contributed by atoms with van der Waals surface area (Å²) in [5.74, 6) is 1.08. The first-order valence-corrected chi connectivity index (χ1v) is 8.09. The van der Waals surface area contributed by atoms with Crippen molar-refractivity contribution in [1.82, 2.24) is 5.32 Å². The van der Waals surface area contributed by atoms with Crippen LogP contribution in [0.5, 0.6) is 0 Å². The van der Waals surface area contributed by atoms with E-state index in [0.29, 0.717) is 29.1 Å². The van der Waals surface area contributed by atoms with Crippen molar-refractivity contribution in [3.05, 3.63) is 42.0 Å². The van der Waals surface area contributed by atoms with E-state index in [0.717, 1.165) is 25.7 Å². The van der Waals surface area contributed by atoms with Gasteiger partial charge in [-0.15, -0.1) is 0 Å². The lowest BCUT2D eigenvalue weighted by Crippen LogP contribution is -2.27. The number of hydrogen-bond acceptors (Lipinski definition) is 2. The average molecular weight is 296 g/mol. The molecule has 114 valence electrons. The molecule has 0 unspecified atom stereocenters. The van der Waals surface area contributed by atoms with Gasteiger partial charge in [0.05, 0.1) is 0 Å². The molecule has 2 bridgehead atoms. The fraction of sp³-hybridized carbons (Fsp3) is 0.444. The molecule has 22 heavy (non-hydrogen) atoms. The fourth-order valence-corrected chi connectivity index (χ4v) is 3.55. The summed E-state index contributed by atoms with van der Waals surface area (Å²) < 4.78 is 0. The van der Waals surface area contributed by atoms with E-state index in [4.69, 9.17) is 0 Å². The summed E-state index contributed by atoms with van der Waals surface area (Å²) >= 11 is 0. The highest BCUT2D eigenvalue weighted by atomic mass is 16.2. The van der Waals surface area contributed by atoms with Crippen LogP contribution >= 0.6 is 0 Å². The molecule has 2 fully saturated rings. The third-order valence-electron chi connectivity index (χ3n) is 4.92. The molecule has 0 radical (unpaired) electrons. The van der Waals surface area contributed by atoms with Crippen LogP contribution < -0.4 is 10.6 Å². The zero-order valence-electron chi connectivity index (χ0n) is 12.4. The summed E-state index contributed by atoms with van der Waals surface area (Å²) in [4.78, 5) is 24.5. The van der Waals surface area contributed by atoms with E-state index in [2.05, 4.69) is 22.8 Å². The highest BCUT2D eigenvalue weighted by Crippen LogP contribution is 2.43. The van der Waals surface area contributed by atoms with E-state index < -0.39 is 0 Å². The first kappa shape index (κ1) is 13.6. The first-order chi connectivity index (χ1) is 10.7. The molecular formula is C18H20N2O2. The highest BCUT2D eigenvalue weighted by molar-refractivity contribution is 5.98. The van der Waals surface area contributed by atoms with Gasteiger partial charge in [-0.3, -0.25) is 9.59 Å². The van der Waals surface area contributed by atoms with Crippen molar-refractivity contribution >= 4 is 17.5 Å². The van der Waals surface area contributed by atoms with Crippen LogP contribution in [0.4, 0.5) is 5.69 Å². The number of anilines is 1. The van der Waals surface area contributed by atoms with Crippen molar-refractivity contribution in [3.8, 4) is 0 Å². The van der Waals surface area contributed by atoms with E-state index in [9.17, 15) is 9.59 Å². The van der Waals surface area contributed by atoms with Crippen LogP contribution in [0.15, 0.2) is 36.4 Å². The van der Waals surface area contributed by atoms with Crippen molar-refractivity contribution in [2.24, 2.45) is 17.8 Å². The minimum atomic E-state index is -0.0542. The number of amides is 2. The van der Waals surface area contributed by atoms with Gasteiger partial charge >= 0.3 is 0 Å². The van der Waals surface area contributed by atoms with Crippen LogP contribution in [0.2, 0.25) is 0 Å². The summed E-state index contributed by atoms with van der Waals surface area (Å²) in [5.41, 5.74) is 1.32. The van der Waals surface area contributed by atoms with Crippen LogP contribution in [0.1, 0.15) is 36.0 Å². The maximum Gasteiger partial charge on any atom is 0.251 e. The molecule has 0 saturated heterocycles. The number of allylic oxidation sites excluding steroid dienone is 2. The first-order valence-electron chi connectivity index (χ1n) is 8.09. The summed E-state index contributed by atoms with van der Waals surface area (Å²) in [7, 11) is 0. The zero-order chi connectivity index (χ0) is 15.1. The Hall–Kier alpha value is -2.10. The molecule has 4 rings (SSSR count). The molecule has 0 aromatic heterocycles. The predicted octanol–water partition coefficient (Wildman–Crippen LogP) is 2.73. The van der Waals surface area contributed by atoms with Gasteiger partial charge in [-0.05, 0) is 55.7 Å². The molecule has 4 heteroatoms. The molecule has 2 N–H and O–H groups in total. The number of rotatable bonds is 4. The van der Waals surface area contributed by atoms with Crippen LogP contribution in [0.3, 0.4) is 0 Å². The number of carbonyl (C=O) groups is 2. The summed E-state index contributed by atoms with van der Waals surface area (Å²) in [5, 5.41) is 5.95. The molecule has 4 nitrogen and oxygen atoms in total. The van der Waals surface area contributed by atoms with Crippen molar-refractivity contribution < 1.29 is 9.59 Å². The Labute approximate surface area is 130 Å². The average Bonchev–Trinajstić information content (AvgIpc) is 3.08. The molecule has 3 aliphatic carbocycles. The summed E-state index contributed by atoms with van der Waals surface area (Å²) in [6.07, 6.45) is 8.62.